The molecule has 0 saturated carbocycles. The minimum absolute atomic E-state index is 0.119. The molecular weight excluding hydrogens is 308 g/mol. The first kappa shape index (κ1) is 17.1. The Kier molecular flexibility index (Phi) is 5.39. The number of carbonyl (C=O) groups excluding carboxylic acids is 1. The molecular formula is C11H9F6NO3. The number of rotatable bonds is 5. The number of ether oxygens (including phenoxy) is 2. The monoisotopic (exact) mass is 317 g/mol. The van der Waals surface area contributed by atoms with Gasteiger partial charge >= 0.3 is 12.3 Å². The van der Waals surface area contributed by atoms with Crippen molar-refractivity contribution in [3.05, 3.63) is 23.3 Å². The molecule has 1 rings (SSSR count). The lowest BCUT2D eigenvalue weighted by atomic mass is 10.1. The van der Waals surface area contributed by atoms with Crippen molar-refractivity contribution in [2.75, 3.05) is 6.61 Å². The van der Waals surface area contributed by atoms with E-state index in [4.69, 9.17) is 0 Å². The van der Waals surface area contributed by atoms with Gasteiger partial charge in [0.25, 0.3) is 12.4 Å². The lowest BCUT2D eigenvalue weighted by Gasteiger charge is -2.16. The van der Waals surface area contributed by atoms with Crippen LogP contribution in [-0.4, -0.2) is 23.9 Å². The molecule has 1 aromatic heterocycles. The summed E-state index contributed by atoms with van der Waals surface area (Å²) in [6, 6.07) is 0. The van der Waals surface area contributed by atoms with Crippen molar-refractivity contribution in [2.24, 2.45) is 0 Å². The van der Waals surface area contributed by atoms with Gasteiger partial charge in [0.05, 0.1) is 13.0 Å². The van der Waals surface area contributed by atoms with Crippen molar-refractivity contribution in [2.45, 2.75) is 26.1 Å². The Morgan fingerprint density at radius 1 is 1.38 bits per heavy atom. The topological polar surface area (TPSA) is 48.4 Å². The Balaban J connectivity index is 3.31. The molecule has 0 spiro atoms. The van der Waals surface area contributed by atoms with Gasteiger partial charge in [-0.25, -0.2) is 13.8 Å². The Hall–Kier alpha value is -2.00. The summed E-state index contributed by atoms with van der Waals surface area (Å²) in [7, 11) is 0. The lowest BCUT2D eigenvalue weighted by Crippen LogP contribution is -2.21. The van der Waals surface area contributed by atoms with Crippen molar-refractivity contribution < 1.29 is 40.6 Å². The second-order valence-corrected chi connectivity index (χ2v) is 3.64. The quantitative estimate of drug-likeness (QED) is 0.475. The third-order valence-electron chi connectivity index (χ3n) is 2.21. The van der Waals surface area contributed by atoms with Crippen molar-refractivity contribution in [1.82, 2.24) is 4.98 Å². The molecule has 0 N–H and O–H groups in total. The zero-order valence-corrected chi connectivity index (χ0v) is 10.5. The Bertz CT molecular complexity index is 517. The summed E-state index contributed by atoms with van der Waals surface area (Å²) in [5, 5.41) is 0. The number of hydrogen-bond acceptors (Lipinski definition) is 4. The van der Waals surface area contributed by atoms with E-state index in [0.717, 1.165) is 0 Å². The largest absolute Gasteiger partial charge is 0.573 e. The minimum Gasteiger partial charge on any atom is -0.466 e. The summed E-state index contributed by atoms with van der Waals surface area (Å²) < 4.78 is 83.2. The van der Waals surface area contributed by atoms with Gasteiger partial charge in [-0.3, -0.25) is 4.79 Å². The zero-order valence-electron chi connectivity index (χ0n) is 10.5. The first-order chi connectivity index (χ1) is 9.65. The van der Waals surface area contributed by atoms with E-state index in [2.05, 4.69) is 14.5 Å². The smallest absolute Gasteiger partial charge is 0.466 e. The molecule has 0 atom stereocenters. The summed E-state index contributed by atoms with van der Waals surface area (Å²) in [5.41, 5.74) is -1.99. The van der Waals surface area contributed by atoms with Gasteiger partial charge in [0, 0.05) is 17.3 Å². The van der Waals surface area contributed by atoms with Gasteiger partial charge in [0.1, 0.15) is 0 Å². The summed E-state index contributed by atoms with van der Waals surface area (Å²) in [6.07, 6.45) is -9.25. The average molecular weight is 317 g/mol. The summed E-state index contributed by atoms with van der Waals surface area (Å²) in [4.78, 5) is 14.0. The Morgan fingerprint density at radius 2 is 2.00 bits per heavy atom. The number of alkyl halides is 5. The molecule has 0 saturated heterocycles. The second kappa shape index (κ2) is 6.64. The Labute approximate surface area is 114 Å². The van der Waals surface area contributed by atoms with E-state index in [1.54, 1.807) is 0 Å². The Morgan fingerprint density at radius 3 is 2.48 bits per heavy atom. The molecule has 4 nitrogen and oxygen atoms in total. The highest BCUT2D eigenvalue weighted by Gasteiger charge is 2.36. The first-order valence-electron chi connectivity index (χ1n) is 5.52. The number of halogens is 6. The molecule has 10 heteroatoms. The third kappa shape index (κ3) is 4.80. The summed E-state index contributed by atoms with van der Waals surface area (Å²) in [5.74, 6) is -4.42. The number of carbonyl (C=O) groups is 1. The molecule has 0 aliphatic heterocycles. The third-order valence-corrected chi connectivity index (χ3v) is 2.21. The maximum absolute atomic E-state index is 13.3. The lowest BCUT2D eigenvalue weighted by molar-refractivity contribution is -0.276. The van der Waals surface area contributed by atoms with Crippen molar-refractivity contribution in [3.8, 4) is 5.75 Å². The van der Waals surface area contributed by atoms with Gasteiger partial charge in [-0.15, -0.1) is 13.2 Å². The number of hydrogen-bond donors (Lipinski definition) is 0. The predicted molar refractivity (Wildman–Crippen MR) is 56.2 cm³/mol. The fraction of sp³-hybridized carbons (Fsp3) is 0.455. The highest BCUT2D eigenvalue weighted by molar-refractivity contribution is 5.74. The van der Waals surface area contributed by atoms with Crippen LogP contribution in [-0.2, 0) is 16.0 Å². The normalized spacial score (nSPS) is 11.6. The van der Waals surface area contributed by atoms with Gasteiger partial charge in [-0.1, -0.05) is 0 Å². The van der Waals surface area contributed by atoms with Gasteiger partial charge in [0.15, 0.2) is 5.75 Å². The van der Waals surface area contributed by atoms with Crippen LogP contribution in [0.3, 0.4) is 0 Å². The van der Waals surface area contributed by atoms with Crippen LogP contribution in [0, 0.1) is 5.95 Å². The van der Waals surface area contributed by atoms with Crippen LogP contribution in [0.2, 0.25) is 0 Å². The average Bonchev–Trinajstić information content (AvgIpc) is 2.32. The molecule has 0 unspecified atom stereocenters. The fourth-order valence-electron chi connectivity index (χ4n) is 1.46. The van der Waals surface area contributed by atoms with Crippen LogP contribution >= 0.6 is 0 Å². The summed E-state index contributed by atoms with van der Waals surface area (Å²) in [6.45, 7) is 1.29. The maximum Gasteiger partial charge on any atom is 0.573 e. The zero-order chi connectivity index (χ0) is 16.2. The molecule has 0 bridgehead atoms. The molecule has 0 radical (unpaired) electrons. The molecule has 0 amide bonds. The SMILES string of the molecule is CCOC(=O)Cc1c(C(F)F)cnc(F)c1OC(F)(F)F. The van der Waals surface area contributed by atoms with Crippen molar-refractivity contribution in [3.63, 3.8) is 0 Å². The van der Waals surface area contributed by atoms with Crippen molar-refractivity contribution >= 4 is 5.97 Å². The van der Waals surface area contributed by atoms with E-state index in [1.807, 2.05) is 0 Å². The number of nitrogens with zero attached hydrogens (tertiary/aromatic N) is 1. The number of aromatic nitrogens is 1. The molecule has 1 aromatic rings. The van der Waals surface area contributed by atoms with Gasteiger partial charge in [-0.2, -0.15) is 4.39 Å². The molecule has 0 fully saturated rings. The molecule has 0 aliphatic rings. The van der Waals surface area contributed by atoms with Gasteiger partial charge < -0.3 is 9.47 Å². The van der Waals surface area contributed by atoms with E-state index in [-0.39, 0.29) is 6.61 Å². The van der Waals surface area contributed by atoms with Gasteiger partial charge in [0.2, 0.25) is 0 Å². The maximum atomic E-state index is 13.3. The van der Waals surface area contributed by atoms with Crippen LogP contribution in [0.5, 0.6) is 5.75 Å². The molecule has 0 aromatic carbocycles. The predicted octanol–water partition coefficient (Wildman–Crippen LogP) is 3.16. The van der Waals surface area contributed by atoms with E-state index < -0.39 is 48.0 Å². The number of pyridine rings is 1. The molecule has 21 heavy (non-hydrogen) atoms. The first-order valence-corrected chi connectivity index (χ1v) is 5.52. The van der Waals surface area contributed by atoms with E-state index in [1.165, 1.54) is 6.92 Å². The minimum atomic E-state index is -5.33. The van der Waals surface area contributed by atoms with Crippen LogP contribution in [0.4, 0.5) is 26.3 Å². The summed E-state index contributed by atoms with van der Waals surface area (Å²) >= 11 is 0. The standard InChI is InChI=1S/C11H9F6NO3/c1-2-20-7(19)3-5-6(9(12)13)4-18-10(14)8(5)21-11(15,16)17/h4,9H,2-3H2,1H3. The fourth-order valence-corrected chi connectivity index (χ4v) is 1.46. The molecule has 118 valence electrons. The van der Waals surface area contributed by atoms with Crippen molar-refractivity contribution in [1.29, 1.82) is 0 Å². The van der Waals surface area contributed by atoms with Crippen LogP contribution in [0.1, 0.15) is 24.5 Å². The molecule has 0 aliphatic carbocycles. The van der Waals surface area contributed by atoms with E-state index in [0.29, 0.717) is 6.20 Å². The highest BCUT2D eigenvalue weighted by Crippen LogP contribution is 2.34. The van der Waals surface area contributed by atoms with Crippen LogP contribution in [0.25, 0.3) is 0 Å². The van der Waals surface area contributed by atoms with E-state index in [9.17, 15) is 31.1 Å². The molecule has 1 heterocycles. The second-order valence-electron chi connectivity index (χ2n) is 3.64. The van der Waals surface area contributed by atoms with E-state index >= 15 is 0 Å². The highest BCUT2D eigenvalue weighted by atomic mass is 19.4. The van der Waals surface area contributed by atoms with Gasteiger partial charge in [-0.05, 0) is 6.92 Å². The van der Waals surface area contributed by atoms with Crippen LogP contribution in [0.15, 0.2) is 6.20 Å². The van der Waals surface area contributed by atoms with Crippen LogP contribution < -0.4 is 4.74 Å². The number of esters is 1.